The van der Waals surface area contributed by atoms with Gasteiger partial charge in [0.2, 0.25) is 5.95 Å². The van der Waals surface area contributed by atoms with Crippen LogP contribution in [0.15, 0.2) is 36.5 Å². The number of carbonyl (C=O) groups excluding carboxylic acids is 2. The lowest BCUT2D eigenvalue weighted by Crippen LogP contribution is -2.50. The van der Waals surface area contributed by atoms with Crippen LogP contribution in [0.4, 0.5) is 35.3 Å². The Morgan fingerprint density at radius 3 is 2.46 bits per heavy atom. The predicted molar refractivity (Wildman–Crippen MR) is 162 cm³/mol. The predicted octanol–water partition coefficient (Wildman–Crippen LogP) is 4.85. The summed E-state index contributed by atoms with van der Waals surface area (Å²) in [6.45, 7) is 8.48. The second kappa shape index (κ2) is 12.9. The van der Waals surface area contributed by atoms with E-state index in [1.807, 2.05) is 4.90 Å². The van der Waals surface area contributed by atoms with Gasteiger partial charge in [-0.05, 0) is 52.0 Å². The lowest BCUT2D eigenvalue weighted by molar-refractivity contribution is -0.274. The molecule has 2 aromatic heterocycles. The van der Waals surface area contributed by atoms with Crippen LogP contribution in [0.2, 0.25) is 0 Å². The van der Waals surface area contributed by atoms with Gasteiger partial charge >= 0.3 is 18.4 Å². The summed E-state index contributed by atoms with van der Waals surface area (Å²) in [5.74, 6) is -1.19. The molecule has 3 heterocycles. The first kappa shape index (κ1) is 32.5. The van der Waals surface area contributed by atoms with Gasteiger partial charge in [0.25, 0.3) is 0 Å². The molecule has 0 aliphatic carbocycles. The number of carbonyl (C=O) groups is 2. The number of amides is 1. The molecule has 1 aliphatic heterocycles. The highest BCUT2D eigenvalue weighted by molar-refractivity contribution is 6.10. The molecule has 246 valence electrons. The van der Waals surface area contributed by atoms with Crippen LogP contribution in [0.25, 0.3) is 21.8 Å². The zero-order valence-electron chi connectivity index (χ0n) is 25.7. The van der Waals surface area contributed by atoms with E-state index in [2.05, 4.69) is 25.1 Å². The van der Waals surface area contributed by atoms with E-state index in [9.17, 15) is 27.9 Å². The molecular formula is C30H34F3N7O6. The average molecular weight is 646 g/mol. The number of alkyl halides is 3. The Hall–Kier alpha value is -4.86. The molecule has 2 aromatic carbocycles. The maximum absolute atomic E-state index is 13.4. The number of fused-ring (bicyclic) bond motifs is 3. The molecule has 0 atom stereocenters. The van der Waals surface area contributed by atoms with Crippen molar-refractivity contribution in [2.45, 2.75) is 46.2 Å². The third kappa shape index (κ3) is 7.33. The molecule has 1 aliphatic rings. The number of aliphatic hydroxyl groups is 1. The highest BCUT2D eigenvalue weighted by atomic mass is 19.4. The topological polar surface area (TPSA) is 144 Å². The van der Waals surface area contributed by atoms with Crippen LogP contribution in [0, 0.1) is 0 Å². The number of rotatable bonds is 8. The number of nitrogens with zero attached hydrogens (tertiary/aromatic N) is 6. The standard InChI is InChI=1S/C30H34F3N7O6/c1-5-44-26(42)24-20-8-6-18-17-34-27(36-23(18)25(20)40(37-24)14-15-41)35-21-16-19(7-9-22(21)45-30(31,32)33)38-10-12-39(13-11-38)28(43)46-29(2,3)4/h6-9,16-17,41H,5,10-15H2,1-4H3,(H,34,35,36). The maximum Gasteiger partial charge on any atom is 0.573 e. The normalized spacial score (nSPS) is 14.1. The number of anilines is 3. The lowest BCUT2D eigenvalue weighted by atomic mass is 10.1. The van der Waals surface area contributed by atoms with Gasteiger partial charge in [0, 0.05) is 48.8 Å². The third-order valence-corrected chi connectivity index (χ3v) is 6.97. The summed E-state index contributed by atoms with van der Waals surface area (Å²) in [4.78, 5) is 37.5. The molecule has 1 amide bonds. The van der Waals surface area contributed by atoms with Crippen LogP contribution in [-0.4, -0.2) is 93.2 Å². The van der Waals surface area contributed by atoms with Crippen molar-refractivity contribution in [3.63, 3.8) is 0 Å². The van der Waals surface area contributed by atoms with Gasteiger partial charge in [-0.25, -0.2) is 19.6 Å². The van der Waals surface area contributed by atoms with Crippen molar-refractivity contribution in [1.29, 1.82) is 0 Å². The molecule has 0 unspecified atom stereocenters. The Kier molecular flexibility index (Phi) is 9.10. The number of hydrogen-bond acceptors (Lipinski definition) is 11. The first-order valence-electron chi connectivity index (χ1n) is 14.6. The summed E-state index contributed by atoms with van der Waals surface area (Å²) in [6, 6.07) is 7.55. The molecule has 46 heavy (non-hydrogen) atoms. The van der Waals surface area contributed by atoms with Gasteiger partial charge in [-0.2, -0.15) is 5.10 Å². The first-order chi connectivity index (χ1) is 21.8. The highest BCUT2D eigenvalue weighted by Crippen LogP contribution is 2.36. The number of halogens is 3. The minimum atomic E-state index is -4.96. The molecule has 1 saturated heterocycles. The molecule has 13 nitrogen and oxygen atoms in total. The molecular weight excluding hydrogens is 611 g/mol. The van der Waals surface area contributed by atoms with Gasteiger partial charge in [0.1, 0.15) is 11.1 Å². The smallest absolute Gasteiger partial charge is 0.461 e. The quantitative estimate of drug-likeness (QED) is 0.254. The number of ether oxygens (including phenoxy) is 3. The van der Waals surface area contributed by atoms with Crippen molar-refractivity contribution in [2.75, 3.05) is 49.6 Å². The minimum Gasteiger partial charge on any atom is -0.461 e. The molecule has 2 N–H and O–H groups in total. The Morgan fingerprint density at radius 1 is 1.07 bits per heavy atom. The summed E-state index contributed by atoms with van der Waals surface area (Å²) >= 11 is 0. The summed E-state index contributed by atoms with van der Waals surface area (Å²) in [5.41, 5.74) is 0.709. The Labute approximate surface area is 261 Å². The zero-order valence-corrected chi connectivity index (χ0v) is 25.7. The van der Waals surface area contributed by atoms with E-state index in [0.717, 1.165) is 0 Å². The SMILES string of the molecule is CCOC(=O)c1nn(CCO)c2c1ccc1cnc(Nc3cc(N4CCN(C(=O)OC(C)(C)C)CC4)ccc3OC(F)(F)F)nc12. The van der Waals surface area contributed by atoms with E-state index in [-0.39, 0.29) is 37.1 Å². The van der Waals surface area contributed by atoms with Crippen LogP contribution < -0.4 is 15.0 Å². The number of aliphatic hydroxyl groups excluding tert-OH is 1. The van der Waals surface area contributed by atoms with Crippen LogP contribution in [0.3, 0.4) is 0 Å². The van der Waals surface area contributed by atoms with E-state index < -0.39 is 29.8 Å². The van der Waals surface area contributed by atoms with Gasteiger partial charge < -0.3 is 34.4 Å². The maximum atomic E-state index is 13.4. The Bertz CT molecular complexity index is 1750. The van der Waals surface area contributed by atoms with Gasteiger partial charge in [0.05, 0.1) is 31.0 Å². The molecule has 0 radical (unpaired) electrons. The Balaban J connectivity index is 1.48. The van der Waals surface area contributed by atoms with Crippen LogP contribution in [0.1, 0.15) is 38.2 Å². The van der Waals surface area contributed by atoms with E-state index >= 15 is 0 Å². The van der Waals surface area contributed by atoms with Crippen LogP contribution >= 0.6 is 0 Å². The molecule has 0 bridgehead atoms. The molecule has 16 heteroatoms. The Morgan fingerprint density at radius 2 is 1.80 bits per heavy atom. The first-order valence-corrected chi connectivity index (χ1v) is 14.6. The van der Waals surface area contributed by atoms with Gasteiger partial charge in [0.15, 0.2) is 11.4 Å². The fourth-order valence-corrected chi connectivity index (χ4v) is 5.05. The molecule has 1 fully saturated rings. The monoisotopic (exact) mass is 645 g/mol. The van der Waals surface area contributed by atoms with E-state index in [1.165, 1.54) is 29.1 Å². The van der Waals surface area contributed by atoms with Crippen LogP contribution in [0.5, 0.6) is 5.75 Å². The summed E-state index contributed by atoms with van der Waals surface area (Å²) < 4.78 is 56.4. The van der Waals surface area contributed by atoms with Gasteiger partial charge in [-0.1, -0.05) is 6.07 Å². The van der Waals surface area contributed by atoms with Crippen molar-refractivity contribution in [3.05, 3.63) is 42.2 Å². The minimum absolute atomic E-state index is 0.0423. The number of nitrogens with one attached hydrogen (secondary N) is 1. The van der Waals surface area contributed by atoms with Gasteiger partial charge in [-0.15, -0.1) is 13.2 Å². The molecule has 0 saturated carbocycles. The summed E-state index contributed by atoms with van der Waals surface area (Å²) in [6.07, 6.45) is -3.91. The lowest BCUT2D eigenvalue weighted by Gasteiger charge is -2.37. The molecule has 4 aromatic rings. The van der Waals surface area contributed by atoms with Crippen molar-refractivity contribution >= 4 is 51.2 Å². The van der Waals surface area contributed by atoms with E-state index in [1.54, 1.807) is 44.7 Å². The summed E-state index contributed by atoms with van der Waals surface area (Å²) in [7, 11) is 0. The second-order valence-electron chi connectivity index (χ2n) is 11.4. The second-order valence-corrected chi connectivity index (χ2v) is 11.4. The highest BCUT2D eigenvalue weighted by Gasteiger charge is 2.33. The van der Waals surface area contributed by atoms with E-state index in [0.29, 0.717) is 53.7 Å². The average Bonchev–Trinajstić information content (AvgIpc) is 3.36. The fourth-order valence-electron chi connectivity index (χ4n) is 5.05. The third-order valence-electron chi connectivity index (χ3n) is 6.97. The van der Waals surface area contributed by atoms with Crippen LogP contribution in [-0.2, 0) is 16.0 Å². The summed E-state index contributed by atoms with van der Waals surface area (Å²) in [5, 5.41) is 17.8. The van der Waals surface area contributed by atoms with Crippen molar-refractivity contribution in [1.82, 2.24) is 24.6 Å². The van der Waals surface area contributed by atoms with Crippen molar-refractivity contribution in [3.8, 4) is 5.75 Å². The zero-order chi connectivity index (χ0) is 33.2. The number of esters is 1. The number of benzene rings is 2. The molecule has 5 rings (SSSR count). The number of aromatic nitrogens is 4. The molecule has 0 spiro atoms. The number of piperazine rings is 1. The van der Waals surface area contributed by atoms with Crippen molar-refractivity contribution in [2.24, 2.45) is 0 Å². The van der Waals surface area contributed by atoms with Gasteiger partial charge in [-0.3, -0.25) is 4.68 Å². The largest absolute Gasteiger partial charge is 0.573 e. The fraction of sp³-hybridized carbons (Fsp3) is 0.433. The van der Waals surface area contributed by atoms with E-state index in [4.69, 9.17) is 9.47 Å². The number of hydrogen-bond donors (Lipinski definition) is 2. The van der Waals surface area contributed by atoms with Crippen molar-refractivity contribution < 1.29 is 42.1 Å².